The second-order valence-electron chi connectivity index (χ2n) is 6.48. The van der Waals surface area contributed by atoms with Gasteiger partial charge in [-0.1, -0.05) is 83.1 Å². The average molecular weight is 314 g/mol. The lowest BCUT2D eigenvalue weighted by atomic mass is 10.0. The van der Waals surface area contributed by atoms with E-state index in [2.05, 4.69) is 58.9 Å². The van der Waals surface area contributed by atoms with Crippen molar-refractivity contribution in [3.05, 3.63) is 59.7 Å². The van der Waals surface area contributed by atoms with Gasteiger partial charge in [-0.3, -0.25) is 0 Å². The van der Waals surface area contributed by atoms with E-state index in [9.17, 15) is 4.57 Å². The lowest BCUT2D eigenvalue weighted by molar-refractivity contribution is 0.587. The van der Waals surface area contributed by atoms with E-state index in [0.717, 1.165) is 10.6 Å². The van der Waals surface area contributed by atoms with Crippen LogP contribution in [-0.2, 0) is 4.57 Å². The van der Waals surface area contributed by atoms with Gasteiger partial charge in [-0.15, -0.1) is 0 Å². The average Bonchev–Trinajstić information content (AvgIpc) is 2.54. The van der Waals surface area contributed by atoms with Gasteiger partial charge in [0.2, 0.25) is 0 Å². The zero-order chi connectivity index (χ0) is 16.3. The summed E-state index contributed by atoms with van der Waals surface area (Å²) in [7, 11) is -2.59. The fourth-order valence-corrected chi connectivity index (χ4v) is 6.17. The van der Waals surface area contributed by atoms with Crippen molar-refractivity contribution in [1.82, 2.24) is 0 Å². The minimum atomic E-state index is -2.59. The lowest BCUT2D eigenvalue weighted by Gasteiger charge is -2.25. The van der Waals surface area contributed by atoms with E-state index in [1.165, 1.54) is 11.1 Å². The van der Waals surface area contributed by atoms with Crippen LogP contribution in [0.2, 0.25) is 0 Å². The van der Waals surface area contributed by atoms with Crippen molar-refractivity contribution in [3.8, 4) is 0 Å². The summed E-state index contributed by atoms with van der Waals surface area (Å²) >= 11 is 0. The summed E-state index contributed by atoms with van der Waals surface area (Å²) in [6.45, 7) is 10.7. The summed E-state index contributed by atoms with van der Waals surface area (Å²) in [5.41, 5.74) is 2.43. The molecule has 0 radical (unpaired) electrons. The fraction of sp³-hybridized carbons (Fsp3) is 0.400. The molecule has 2 rings (SSSR count). The highest BCUT2D eigenvalue weighted by Crippen LogP contribution is 2.46. The molecule has 1 nitrogen and oxygen atoms in total. The molecule has 0 N–H and O–H groups in total. The lowest BCUT2D eigenvalue weighted by Crippen LogP contribution is -2.24. The smallest absolute Gasteiger partial charge is 0.143 e. The summed E-state index contributed by atoms with van der Waals surface area (Å²) in [5, 5.41) is 2.08. The third-order valence-corrected chi connectivity index (χ3v) is 7.60. The normalized spacial score (nSPS) is 12.1. The molecule has 0 saturated heterocycles. The van der Waals surface area contributed by atoms with E-state index >= 15 is 0 Å². The van der Waals surface area contributed by atoms with Crippen LogP contribution in [0.25, 0.3) is 0 Å². The van der Waals surface area contributed by atoms with Crippen molar-refractivity contribution in [3.63, 3.8) is 0 Å². The highest BCUT2D eigenvalue weighted by molar-refractivity contribution is 7.78. The van der Waals surface area contributed by atoms with Crippen molar-refractivity contribution in [2.24, 2.45) is 0 Å². The van der Waals surface area contributed by atoms with E-state index in [4.69, 9.17) is 0 Å². The summed E-state index contributed by atoms with van der Waals surface area (Å²) in [6, 6.07) is 16.5. The van der Waals surface area contributed by atoms with Gasteiger partial charge in [-0.25, -0.2) is 0 Å². The third kappa shape index (κ3) is 3.06. The molecule has 0 spiro atoms. The van der Waals surface area contributed by atoms with E-state index in [0.29, 0.717) is 18.0 Å². The Bertz CT molecular complexity index is 630. The topological polar surface area (TPSA) is 17.1 Å². The van der Waals surface area contributed by atoms with Gasteiger partial charge in [0, 0.05) is 16.8 Å². The molecule has 0 aliphatic heterocycles. The van der Waals surface area contributed by atoms with Crippen LogP contribution in [0.4, 0.5) is 0 Å². The quantitative estimate of drug-likeness (QED) is 0.687. The zero-order valence-electron chi connectivity index (χ0n) is 14.3. The minimum absolute atomic E-state index is 0.377. The van der Waals surface area contributed by atoms with E-state index in [1.807, 2.05) is 24.3 Å². The molecule has 0 aliphatic rings. The molecule has 0 atom stereocenters. The van der Waals surface area contributed by atoms with Crippen LogP contribution in [0, 0.1) is 0 Å². The van der Waals surface area contributed by atoms with Crippen LogP contribution in [-0.4, -0.2) is 6.16 Å². The number of hydrogen-bond acceptors (Lipinski definition) is 1. The Morgan fingerprint density at radius 3 is 1.45 bits per heavy atom. The van der Waals surface area contributed by atoms with Crippen molar-refractivity contribution >= 4 is 17.8 Å². The number of hydrogen-bond donors (Lipinski definition) is 0. The largest absolute Gasteiger partial charge is 0.314 e. The Balaban J connectivity index is 2.73. The van der Waals surface area contributed by atoms with Crippen molar-refractivity contribution in [1.29, 1.82) is 0 Å². The fourth-order valence-electron chi connectivity index (χ4n) is 3.08. The molecule has 118 valence electrons. The van der Waals surface area contributed by atoms with Crippen molar-refractivity contribution in [2.75, 3.05) is 6.16 Å². The molecular weight excluding hydrogens is 287 g/mol. The summed E-state index contributed by atoms with van der Waals surface area (Å²) in [6.07, 6.45) is 0.667. The molecule has 22 heavy (non-hydrogen) atoms. The molecule has 0 heterocycles. The molecule has 2 aromatic carbocycles. The Hall–Kier alpha value is -1.33. The highest BCUT2D eigenvalue weighted by Gasteiger charge is 2.30. The maximum absolute atomic E-state index is 14.0. The van der Waals surface area contributed by atoms with Gasteiger partial charge in [-0.05, 0) is 23.0 Å². The predicted molar refractivity (Wildman–Crippen MR) is 98.5 cm³/mol. The monoisotopic (exact) mass is 314 g/mol. The van der Waals surface area contributed by atoms with Gasteiger partial charge >= 0.3 is 0 Å². The maximum Gasteiger partial charge on any atom is 0.143 e. The molecule has 0 aromatic heterocycles. The second-order valence-corrected chi connectivity index (χ2v) is 9.56. The first kappa shape index (κ1) is 17.0. The van der Waals surface area contributed by atoms with Gasteiger partial charge in [-0.2, -0.15) is 0 Å². The highest BCUT2D eigenvalue weighted by atomic mass is 31.2. The summed E-state index contributed by atoms with van der Waals surface area (Å²) in [4.78, 5) is 0. The van der Waals surface area contributed by atoms with Gasteiger partial charge in [0.05, 0.1) is 0 Å². The Labute approximate surface area is 135 Å². The molecule has 0 unspecified atom stereocenters. The standard InChI is InChI=1S/C20H27OP/c1-6-22(21,19-13-9-7-11-17(19)15(2)3)20-14-10-8-12-18(20)16(4)5/h7-16H,6H2,1-5H3. The van der Waals surface area contributed by atoms with E-state index < -0.39 is 7.14 Å². The van der Waals surface area contributed by atoms with E-state index in [1.54, 1.807) is 0 Å². The van der Waals surface area contributed by atoms with Crippen LogP contribution in [0.1, 0.15) is 57.6 Å². The molecule has 0 amide bonds. The van der Waals surface area contributed by atoms with Gasteiger partial charge < -0.3 is 4.57 Å². The Morgan fingerprint density at radius 2 is 1.14 bits per heavy atom. The van der Waals surface area contributed by atoms with Crippen molar-refractivity contribution in [2.45, 2.75) is 46.5 Å². The van der Waals surface area contributed by atoms with Crippen molar-refractivity contribution < 1.29 is 4.57 Å². The first-order valence-corrected chi connectivity index (χ1v) is 10.1. The SMILES string of the molecule is CCP(=O)(c1ccccc1C(C)C)c1ccccc1C(C)C. The minimum Gasteiger partial charge on any atom is -0.314 e. The van der Waals surface area contributed by atoms with Crippen LogP contribution < -0.4 is 10.6 Å². The third-order valence-electron chi connectivity index (χ3n) is 4.34. The van der Waals surface area contributed by atoms with Gasteiger partial charge in [0.1, 0.15) is 7.14 Å². The van der Waals surface area contributed by atoms with Gasteiger partial charge in [0.15, 0.2) is 0 Å². The molecule has 2 aromatic rings. The second kappa shape index (κ2) is 6.84. The maximum atomic E-state index is 14.0. The number of benzene rings is 2. The summed E-state index contributed by atoms with van der Waals surface area (Å²) in [5.74, 6) is 0.754. The predicted octanol–water partition coefficient (Wildman–Crippen LogP) is 5.27. The Kier molecular flexibility index (Phi) is 5.29. The van der Waals surface area contributed by atoms with Crippen LogP contribution in [0.5, 0.6) is 0 Å². The molecule has 0 aliphatic carbocycles. The summed E-state index contributed by atoms with van der Waals surface area (Å²) < 4.78 is 14.0. The molecule has 0 saturated carbocycles. The first-order valence-electron chi connectivity index (χ1n) is 8.19. The van der Waals surface area contributed by atoms with Crippen LogP contribution in [0.3, 0.4) is 0 Å². The van der Waals surface area contributed by atoms with E-state index in [-0.39, 0.29) is 0 Å². The Morgan fingerprint density at radius 1 is 0.773 bits per heavy atom. The zero-order valence-corrected chi connectivity index (χ0v) is 15.2. The first-order chi connectivity index (χ1) is 10.4. The molecule has 2 heteroatoms. The number of rotatable bonds is 5. The molecule has 0 fully saturated rings. The van der Waals surface area contributed by atoms with Crippen LogP contribution in [0.15, 0.2) is 48.5 Å². The van der Waals surface area contributed by atoms with Gasteiger partial charge in [0.25, 0.3) is 0 Å². The molecular formula is C20H27OP. The van der Waals surface area contributed by atoms with Crippen LogP contribution >= 0.6 is 7.14 Å². The molecule has 0 bridgehead atoms.